The van der Waals surface area contributed by atoms with Crippen LogP contribution in [-0.2, 0) is 6.42 Å². The van der Waals surface area contributed by atoms with Crippen LogP contribution in [0.1, 0.15) is 37.4 Å². The number of aryl methyl sites for hydroxylation is 1. The number of hydrogen-bond donors (Lipinski definition) is 2. The van der Waals surface area contributed by atoms with Crippen molar-refractivity contribution in [1.29, 1.82) is 5.26 Å². The Hall–Kier alpha value is -2.72. The van der Waals surface area contributed by atoms with E-state index in [0.29, 0.717) is 11.6 Å². The van der Waals surface area contributed by atoms with Crippen molar-refractivity contribution in [2.45, 2.75) is 38.6 Å². The number of anilines is 3. The normalized spacial score (nSPS) is 16.5. The Bertz CT molecular complexity index is 820. The zero-order chi connectivity index (χ0) is 18.5. The van der Waals surface area contributed by atoms with Crippen LogP contribution in [0.4, 0.5) is 21.8 Å². The number of halogens is 1. The fraction of sp³-hybridized carbons (Fsp3) is 0.421. The number of aliphatic hydroxyl groups excluding tert-OH is 1. The van der Waals surface area contributed by atoms with Crippen LogP contribution in [0.25, 0.3) is 0 Å². The van der Waals surface area contributed by atoms with Gasteiger partial charge in [0.05, 0.1) is 18.2 Å². The molecule has 0 saturated carbocycles. The van der Waals surface area contributed by atoms with Crippen molar-refractivity contribution >= 4 is 17.5 Å². The van der Waals surface area contributed by atoms with E-state index < -0.39 is 5.82 Å². The molecule has 0 radical (unpaired) electrons. The summed E-state index contributed by atoms with van der Waals surface area (Å²) in [6.45, 7) is 3.03. The summed E-state index contributed by atoms with van der Waals surface area (Å²) in [7, 11) is 0. The van der Waals surface area contributed by atoms with Gasteiger partial charge in [-0.3, -0.25) is 0 Å². The molecule has 2 aromatic rings. The van der Waals surface area contributed by atoms with Crippen molar-refractivity contribution < 1.29 is 9.50 Å². The van der Waals surface area contributed by atoms with E-state index in [1.165, 1.54) is 12.1 Å². The van der Waals surface area contributed by atoms with E-state index in [1.54, 1.807) is 6.07 Å². The Morgan fingerprint density at radius 2 is 2.23 bits per heavy atom. The van der Waals surface area contributed by atoms with Gasteiger partial charge in [0.15, 0.2) is 0 Å². The first-order chi connectivity index (χ1) is 12.6. The average molecular weight is 355 g/mol. The fourth-order valence-electron chi connectivity index (χ4n) is 3.22. The third-order valence-electron chi connectivity index (χ3n) is 4.50. The van der Waals surface area contributed by atoms with Gasteiger partial charge in [-0.25, -0.2) is 9.37 Å². The van der Waals surface area contributed by atoms with E-state index in [4.69, 9.17) is 5.26 Å². The summed E-state index contributed by atoms with van der Waals surface area (Å²) in [6, 6.07) is 8.11. The van der Waals surface area contributed by atoms with Gasteiger partial charge in [0.25, 0.3) is 0 Å². The second kappa shape index (κ2) is 8.11. The third kappa shape index (κ3) is 3.92. The van der Waals surface area contributed by atoms with Gasteiger partial charge in [0.1, 0.15) is 17.7 Å². The molecular formula is C19H22FN5O. The van der Waals surface area contributed by atoms with Crippen LogP contribution in [0.15, 0.2) is 24.3 Å². The lowest BCUT2D eigenvalue weighted by atomic mass is 10.2. The molecule has 0 spiro atoms. The van der Waals surface area contributed by atoms with Crippen molar-refractivity contribution in [3.8, 4) is 6.07 Å². The van der Waals surface area contributed by atoms with Gasteiger partial charge in [-0.15, -0.1) is 0 Å². The molecule has 1 aromatic carbocycles. The molecule has 2 heterocycles. The molecule has 1 unspecified atom stereocenters. The Morgan fingerprint density at radius 1 is 1.38 bits per heavy atom. The number of nitrogens with zero attached hydrogens (tertiary/aromatic N) is 4. The molecule has 1 fully saturated rings. The van der Waals surface area contributed by atoms with E-state index in [2.05, 4.69) is 27.1 Å². The molecule has 1 aliphatic heterocycles. The highest BCUT2D eigenvalue weighted by Crippen LogP contribution is 2.26. The number of rotatable bonds is 6. The van der Waals surface area contributed by atoms with E-state index in [-0.39, 0.29) is 18.2 Å². The molecule has 1 atom stereocenters. The van der Waals surface area contributed by atoms with E-state index in [9.17, 15) is 9.50 Å². The lowest BCUT2D eigenvalue weighted by Gasteiger charge is -2.25. The Kier molecular flexibility index (Phi) is 5.64. The molecule has 0 bridgehead atoms. The quantitative estimate of drug-likeness (QED) is 0.828. The van der Waals surface area contributed by atoms with Gasteiger partial charge in [0.2, 0.25) is 5.95 Å². The van der Waals surface area contributed by atoms with Crippen molar-refractivity contribution in [2.24, 2.45) is 0 Å². The first kappa shape index (κ1) is 18.1. The van der Waals surface area contributed by atoms with Crippen LogP contribution in [0, 0.1) is 17.1 Å². The summed E-state index contributed by atoms with van der Waals surface area (Å²) >= 11 is 0. The molecule has 1 aromatic heterocycles. The minimum Gasteiger partial charge on any atom is -0.394 e. The lowest BCUT2D eigenvalue weighted by Crippen LogP contribution is -2.33. The van der Waals surface area contributed by atoms with Gasteiger partial charge in [0, 0.05) is 24.0 Å². The van der Waals surface area contributed by atoms with Gasteiger partial charge >= 0.3 is 0 Å². The molecule has 26 heavy (non-hydrogen) atoms. The zero-order valence-electron chi connectivity index (χ0n) is 14.7. The van der Waals surface area contributed by atoms with Gasteiger partial charge < -0.3 is 15.3 Å². The molecule has 0 amide bonds. The standard InChI is InChI=1S/C19H22FN5O/c1-2-4-14-10-18(25-8-3-5-16(25)12-26)24-19(22-14)23-15-6-7-17(20)13(9-15)11-21/h6-7,9-10,16,26H,2-5,8,12H2,1H3,(H,22,23,24). The Morgan fingerprint density at radius 3 is 2.96 bits per heavy atom. The first-order valence-electron chi connectivity index (χ1n) is 8.86. The smallest absolute Gasteiger partial charge is 0.229 e. The minimum absolute atomic E-state index is 0.0279. The van der Waals surface area contributed by atoms with Crippen molar-refractivity contribution in [3.63, 3.8) is 0 Å². The zero-order valence-corrected chi connectivity index (χ0v) is 14.7. The van der Waals surface area contributed by atoms with E-state index in [0.717, 1.165) is 43.7 Å². The number of benzene rings is 1. The van der Waals surface area contributed by atoms with E-state index >= 15 is 0 Å². The minimum atomic E-state index is -0.553. The highest BCUT2D eigenvalue weighted by Gasteiger charge is 2.25. The van der Waals surface area contributed by atoms with E-state index in [1.807, 2.05) is 12.1 Å². The van der Waals surface area contributed by atoms with Crippen molar-refractivity contribution in [1.82, 2.24) is 9.97 Å². The van der Waals surface area contributed by atoms with Crippen LogP contribution >= 0.6 is 0 Å². The topological polar surface area (TPSA) is 85.1 Å². The summed E-state index contributed by atoms with van der Waals surface area (Å²) in [5.41, 5.74) is 1.44. The number of nitriles is 1. The molecule has 0 aliphatic carbocycles. The number of aromatic nitrogens is 2. The molecule has 1 aliphatic rings. The maximum Gasteiger partial charge on any atom is 0.229 e. The predicted molar refractivity (Wildman–Crippen MR) is 97.9 cm³/mol. The number of nitrogens with one attached hydrogen (secondary N) is 1. The number of aliphatic hydroxyl groups is 1. The molecular weight excluding hydrogens is 333 g/mol. The Labute approximate surface area is 152 Å². The second-order valence-corrected chi connectivity index (χ2v) is 6.39. The van der Waals surface area contributed by atoms with Crippen LogP contribution in [0.3, 0.4) is 0 Å². The summed E-state index contributed by atoms with van der Waals surface area (Å²) in [4.78, 5) is 11.2. The van der Waals surface area contributed by atoms with Crippen molar-refractivity contribution in [3.05, 3.63) is 41.3 Å². The molecule has 7 heteroatoms. The maximum absolute atomic E-state index is 13.5. The summed E-state index contributed by atoms with van der Waals surface area (Å²) < 4.78 is 13.5. The van der Waals surface area contributed by atoms with Crippen LogP contribution in [-0.4, -0.2) is 34.3 Å². The van der Waals surface area contributed by atoms with Crippen molar-refractivity contribution in [2.75, 3.05) is 23.4 Å². The fourth-order valence-corrected chi connectivity index (χ4v) is 3.22. The first-order valence-corrected chi connectivity index (χ1v) is 8.86. The van der Waals surface area contributed by atoms with Gasteiger partial charge in [-0.1, -0.05) is 13.3 Å². The third-order valence-corrected chi connectivity index (χ3v) is 4.50. The average Bonchev–Trinajstić information content (AvgIpc) is 3.12. The van der Waals surface area contributed by atoms with Crippen LogP contribution in [0.2, 0.25) is 0 Å². The second-order valence-electron chi connectivity index (χ2n) is 6.39. The number of hydrogen-bond acceptors (Lipinski definition) is 6. The largest absolute Gasteiger partial charge is 0.394 e. The highest BCUT2D eigenvalue weighted by atomic mass is 19.1. The molecule has 1 saturated heterocycles. The molecule has 6 nitrogen and oxygen atoms in total. The maximum atomic E-state index is 13.5. The summed E-state index contributed by atoms with van der Waals surface area (Å²) in [5, 5.41) is 21.7. The molecule has 3 rings (SSSR count). The molecule has 136 valence electrons. The van der Waals surface area contributed by atoms with Gasteiger partial charge in [-0.2, -0.15) is 10.2 Å². The summed E-state index contributed by atoms with van der Waals surface area (Å²) in [5.74, 6) is 0.636. The SMILES string of the molecule is CCCc1cc(N2CCCC2CO)nc(Nc2ccc(F)c(C#N)c2)n1. The molecule has 2 N–H and O–H groups in total. The van der Waals surface area contributed by atoms with Crippen LogP contribution in [0.5, 0.6) is 0 Å². The lowest BCUT2D eigenvalue weighted by molar-refractivity contribution is 0.266. The monoisotopic (exact) mass is 355 g/mol. The Balaban J connectivity index is 1.92. The highest BCUT2D eigenvalue weighted by molar-refractivity contribution is 5.58. The van der Waals surface area contributed by atoms with Crippen LogP contribution < -0.4 is 10.2 Å². The summed E-state index contributed by atoms with van der Waals surface area (Å²) in [6.07, 6.45) is 3.73. The van der Waals surface area contributed by atoms with Gasteiger partial charge in [-0.05, 0) is 37.5 Å². The predicted octanol–water partition coefficient (Wildman–Crippen LogP) is 3.14.